The summed E-state index contributed by atoms with van der Waals surface area (Å²) in [5.41, 5.74) is 0.182. The number of nitro groups is 1. The number of nitro benzene ring substituents is 1. The number of halogens is 1. The van der Waals surface area contributed by atoms with E-state index in [0.717, 1.165) is 11.8 Å². The van der Waals surface area contributed by atoms with Gasteiger partial charge in [-0.25, -0.2) is 0 Å². The van der Waals surface area contributed by atoms with Crippen molar-refractivity contribution >= 4 is 52.3 Å². The summed E-state index contributed by atoms with van der Waals surface area (Å²) >= 11 is 6.72. The average molecular weight is 357 g/mol. The van der Waals surface area contributed by atoms with Gasteiger partial charge in [-0.15, -0.1) is 5.10 Å². The van der Waals surface area contributed by atoms with E-state index in [2.05, 4.69) is 15.5 Å². The van der Waals surface area contributed by atoms with Crippen LogP contribution in [0.1, 0.15) is 12.0 Å². The first-order valence-electron chi connectivity index (χ1n) is 6.10. The van der Waals surface area contributed by atoms with Crippen molar-refractivity contribution in [3.8, 4) is 0 Å². The maximum absolute atomic E-state index is 11.5. The van der Waals surface area contributed by atoms with E-state index < -0.39 is 22.0 Å². The van der Waals surface area contributed by atoms with Gasteiger partial charge in [0.15, 0.2) is 5.17 Å². The van der Waals surface area contributed by atoms with Crippen LogP contribution in [0.5, 0.6) is 0 Å². The molecule has 1 aliphatic heterocycles. The minimum atomic E-state index is -1.09. The lowest BCUT2D eigenvalue weighted by Crippen LogP contribution is -2.26. The van der Waals surface area contributed by atoms with E-state index in [9.17, 15) is 19.7 Å². The minimum absolute atomic E-state index is 0.161. The number of hydrogen-bond acceptors (Lipinski definition) is 7. The molecule has 0 radical (unpaired) electrons. The molecule has 11 heteroatoms. The molecule has 1 aromatic rings. The van der Waals surface area contributed by atoms with Crippen molar-refractivity contribution < 1.29 is 19.6 Å². The molecule has 0 aromatic heterocycles. The van der Waals surface area contributed by atoms with Crippen molar-refractivity contribution in [3.05, 3.63) is 38.9 Å². The number of non-ortho nitro benzene ring substituents is 1. The van der Waals surface area contributed by atoms with E-state index in [1.54, 1.807) is 0 Å². The van der Waals surface area contributed by atoms with Gasteiger partial charge in [0.1, 0.15) is 5.25 Å². The highest BCUT2D eigenvalue weighted by atomic mass is 35.5. The predicted molar refractivity (Wildman–Crippen MR) is 84.9 cm³/mol. The van der Waals surface area contributed by atoms with Gasteiger partial charge in [-0.05, 0) is 6.07 Å². The van der Waals surface area contributed by atoms with Gasteiger partial charge in [-0.3, -0.25) is 19.7 Å². The van der Waals surface area contributed by atoms with Crippen LogP contribution in [0.2, 0.25) is 5.02 Å². The van der Waals surface area contributed by atoms with Gasteiger partial charge >= 0.3 is 5.97 Å². The predicted octanol–water partition coefficient (Wildman–Crippen LogP) is 1.64. The summed E-state index contributed by atoms with van der Waals surface area (Å²) in [6.07, 6.45) is 0.919. The lowest BCUT2D eigenvalue weighted by molar-refractivity contribution is -0.384. The second-order valence-corrected chi connectivity index (χ2v) is 5.97. The van der Waals surface area contributed by atoms with Crippen LogP contribution in [-0.2, 0) is 9.59 Å². The van der Waals surface area contributed by atoms with E-state index in [4.69, 9.17) is 16.7 Å². The molecule has 0 spiro atoms. The van der Waals surface area contributed by atoms with Crippen LogP contribution >= 0.6 is 23.4 Å². The van der Waals surface area contributed by atoms with Crippen molar-refractivity contribution in [2.75, 3.05) is 0 Å². The maximum atomic E-state index is 11.5. The zero-order valence-corrected chi connectivity index (χ0v) is 12.9. The molecule has 1 atom stereocenters. The van der Waals surface area contributed by atoms with Crippen molar-refractivity contribution in [1.82, 2.24) is 5.32 Å². The number of nitrogens with one attached hydrogen (secondary N) is 1. The Bertz CT molecular complexity index is 736. The van der Waals surface area contributed by atoms with E-state index in [-0.39, 0.29) is 22.3 Å². The Balaban J connectivity index is 2.08. The molecule has 2 N–H and O–H groups in total. The number of carbonyl (C=O) groups excluding carboxylic acids is 1. The molecule has 1 unspecified atom stereocenters. The number of carboxylic acid groups (broad SMARTS) is 1. The van der Waals surface area contributed by atoms with Gasteiger partial charge in [-0.2, -0.15) is 5.10 Å². The Morgan fingerprint density at radius 3 is 2.91 bits per heavy atom. The molecule has 1 aliphatic rings. The third kappa shape index (κ3) is 4.76. The summed E-state index contributed by atoms with van der Waals surface area (Å²) in [7, 11) is 0. The van der Waals surface area contributed by atoms with Crippen LogP contribution < -0.4 is 5.32 Å². The monoisotopic (exact) mass is 356 g/mol. The second kappa shape index (κ2) is 7.20. The van der Waals surface area contributed by atoms with Crippen molar-refractivity contribution in [1.29, 1.82) is 0 Å². The molecule has 0 aliphatic carbocycles. The Morgan fingerprint density at radius 1 is 1.52 bits per heavy atom. The van der Waals surface area contributed by atoms with Crippen LogP contribution in [0.15, 0.2) is 28.4 Å². The SMILES string of the molecule is O=C(O)CC1SC(=NN=Cc2cc(Cl)cc([N+](=O)[O-])c2)NC1=O. The zero-order chi connectivity index (χ0) is 17.0. The number of carbonyl (C=O) groups is 2. The molecule has 2 rings (SSSR count). The van der Waals surface area contributed by atoms with E-state index >= 15 is 0 Å². The summed E-state index contributed by atoms with van der Waals surface area (Å²) < 4.78 is 0. The molecule has 0 bridgehead atoms. The third-order valence-corrected chi connectivity index (χ3v) is 3.90. The zero-order valence-electron chi connectivity index (χ0n) is 11.3. The summed E-state index contributed by atoms with van der Waals surface area (Å²) in [5.74, 6) is -1.54. The van der Waals surface area contributed by atoms with Gasteiger partial charge in [0.05, 0.1) is 17.6 Å². The topological polar surface area (TPSA) is 134 Å². The van der Waals surface area contributed by atoms with E-state index in [1.165, 1.54) is 24.4 Å². The molecule has 1 heterocycles. The second-order valence-electron chi connectivity index (χ2n) is 4.34. The Labute approximate surface area is 138 Å². The Morgan fingerprint density at radius 2 is 2.26 bits per heavy atom. The summed E-state index contributed by atoms with van der Waals surface area (Å²) in [6.45, 7) is 0. The number of amides is 1. The summed E-state index contributed by atoms with van der Waals surface area (Å²) in [6, 6.07) is 3.93. The Hall–Kier alpha value is -2.46. The first-order chi connectivity index (χ1) is 10.8. The molecule has 120 valence electrons. The standard InChI is InChI=1S/C12H9ClN4O5S/c13-7-1-6(2-8(3-7)17(21)22)5-14-16-12-15-11(20)9(23-12)4-10(18)19/h1-3,5,9H,4H2,(H,18,19)(H,15,16,20). The average Bonchev–Trinajstić information content (AvgIpc) is 2.77. The molecule has 1 fully saturated rings. The van der Waals surface area contributed by atoms with Gasteiger partial charge in [0.25, 0.3) is 5.69 Å². The fourth-order valence-corrected chi connectivity index (χ4v) is 2.82. The third-order valence-electron chi connectivity index (χ3n) is 2.61. The number of rotatable bonds is 5. The molecule has 0 saturated carbocycles. The summed E-state index contributed by atoms with van der Waals surface area (Å²) in [5, 5.41) is 28.8. The van der Waals surface area contributed by atoms with Crippen LogP contribution in [0.3, 0.4) is 0 Å². The van der Waals surface area contributed by atoms with Crippen LogP contribution in [-0.4, -0.2) is 38.5 Å². The van der Waals surface area contributed by atoms with E-state index in [0.29, 0.717) is 5.56 Å². The normalized spacial score (nSPS) is 19.3. The first-order valence-corrected chi connectivity index (χ1v) is 7.36. The number of hydrogen-bond donors (Lipinski definition) is 2. The fraction of sp³-hybridized carbons (Fsp3) is 0.167. The van der Waals surface area contributed by atoms with Crippen molar-refractivity contribution in [2.24, 2.45) is 10.2 Å². The minimum Gasteiger partial charge on any atom is -0.481 e. The van der Waals surface area contributed by atoms with Crippen LogP contribution in [0.4, 0.5) is 5.69 Å². The number of aliphatic carboxylic acids is 1. The molecular formula is C12H9ClN4O5S. The van der Waals surface area contributed by atoms with Gasteiger partial charge in [0, 0.05) is 22.7 Å². The van der Waals surface area contributed by atoms with Crippen LogP contribution in [0, 0.1) is 10.1 Å². The highest BCUT2D eigenvalue weighted by Crippen LogP contribution is 2.22. The van der Waals surface area contributed by atoms with Gasteiger partial charge in [-0.1, -0.05) is 23.4 Å². The largest absolute Gasteiger partial charge is 0.481 e. The lowest BCUT2D eigenvalue weighted by Gasteiger charge is -1.97. The number of carboxylic acids is 1. The lowest BCUT2D eigenvalue weighted by atomic mass is 10.2. The maximum Gasteiger partial charge on any atom is 0.305 e. The quantitative estimate of drug-likeness (QED) is 0.468. The smallest absolute Gasteiger partial charge is 0.305 e. The molecule has 1 saturated heterocycles. The molecule has 9 nitrogen and oxygen atoms in total. The van der Waals surface area contributed by atoms with Crippen LogP contribution in [0.25, 0.3) is 0 Å². The molecule has 1 amide bonds. The Kier molecular flexibility index (Phi) is 5.29. The molecule has 23 heavy (non-hydrogen) atoms. The van der Waals surface area contributed by atoms with Gasteiger partial charge in [0.2, 0.25) is 5.91 Å². The number of amidine groups is 1. The number of benzene rings is 1. The first kappa shape index (κ1) is 16.9. The highest BCUT2D eigenvalue weighted by molar-refractivity contribution is 8.15. The number of nitrogens with zero attached hydrogens (tertiary/aromatic N) is 3. The molecule has 1 aromatic carbocycles. The van der Waals surface area contributed by atoms with Crippen molar-refractivity contribution in [2.45, 2.75) is 11.7 Å². The van der Waals surface area contributed by atoms with Gasteiger partial charge < -0.3 is 10.4 Å². The number of thioether (sulfide) groups is 1. The fourth-order valence-electron chi connectivity index (χ4n) is 1.67. The van der Waals surface area contributed by atoms with Crippen molar-refractivity contribution in [3.63, 3.8) is 0 Å². The molecular weight excluding hydrogens is 348 g/mol. The highest BCUT2D eigenvalue weighted by Gasteiger charge is 2.32. The summed E-state index contributed by atoms with van der Waals surface area (Å²) in [4.78, 5) is 32.2. The van der Waals surface area contributed by atoms with E-state index in [1.807, 2.05) is 0 Å².